The first-order valence-corrected chi connectivity index (χ1v) is 29.1. The number of nitrogens with zero attached hydrogens (tertiary/aromatic N) is 10. The van der Waals surface area contributed by atoms with E-state index in [9.17, 15) is 27.2 Å². The van der Waals surface area contributed by atoms with Crippen LogP contribution in [0.4, 0.5) is 17.6 Å². The van der Waals surface area contributed by atoms with Gasteiger partial charge in [-0.2, -0.15) is 0 Å². The van der Waals surface area contributed by atoms with Crippen molar-refractivity contribution >= 4 is 81.8 Å². The molecule has 29 heteroatoms. The number of thioether (sulfide) groups is 2. The molecule has 2 saturated heterocycles. The normalized spacial score (nSPS) is 28.0. The Morgan fingerprint density at radius 2 is 1.12 bits per heavy atom. The second-order valence-corrected chi connectivity index (χ2v) is 24.2. The van der Waals surface area contributed by atoms with E-state index in [1.54, 1.807) is 33.3 Å². The molecule has 4 saturated carbocycles. The van der Waals surface area contributed by atoms with Crippen molar-refractivity contribution in [2.24, 2.45) is 11.7 Å². The van der Waals surface area contributed by atoms with Crippen molar-refractivity contribution in [1.82, 2.24) is 49.9 Å². The predicted molar refractivity (Wildman–Crippen MR) is 293 cm³/mol. The van der Waals surface area contributed by atoms with Crippen molar-refractivity contribution in [2.75, 3.05) is 24.7 Å². The molecule has 2 aromatic carbocycles. The first kappa shape index (κ1) is 61.6. The lowest BCUT2D eigenvalue weighted by molar-refractivity contribution is -0.174. The van der Waals surface area contributed by atoms with Crippen LogP contribution in [-0.4, -0.2) is 151 Å². The summed E-state index contributed by atoms with van der Waals surface area (Å²) < 4.78 is 91.5. The topological polar surface area (TPSA) is 269 Å². The molecule has 6 aliphatic rings. The highest BCUT2D eigenvalue weighted by molar-refractivity contribution is 7.99. The average Bonchev–Trinajstić information content (AvgIpc) is 4.12. The van der Waals surface area contributed by atoms with E-state index in [0.29, 0.717) is 51.9 Å². The largest absolute Gasteiger partial charge is 0.480 e. The highest BCUT2D eigenvalue weighted by atomic mass is 35.5. The maximum Gasteiger partial charge on any atom is 0.329 e. The molecule has 0 radical (unpaired) electrons. The second kappa shape index (κ2) is 25.3. The van der Waals surface area contributed by atoms with Gasteiger partial charge in [0, 0.05) is 36.3 Å². The van der Waals surface area contributed by atoms with Gasteiger partial charge in [-0.15, -0.1) is 22.6 Å². The van der Waals surface area contributed by atoms with Gasteiger partial charge in [0.05, 0.1) is 30.0 Å². The van der Waals surface area contributed by atoms with Gasteiger partial charge in [0.25, 0.3) is 0 Å². The summed E-state index contributed by atoms with van der Waals surface area (Å²) >= 11 is 9.37. The Hall–Kier alpha value is -4.94. The van der Waals surface area contributed by atoms with Crippen LogP contribution in [0.25, 0.3) is 22.3 Å². The number of carboxylic acid groups (broad SMARTS) is 2. The summed E-state index contributed by atoms with van der Waals surface area (Å²) in [5.74, 6) is -4.75. The molecule has 0 bridgehead atoms. The molecule has 82 heavy (non-hydrogen) atoms. The van der Waals surface area contributed by atoms with Crippen molar-refractivity contribution in [3.63, 3.8) is 0 Å². The van der Waals surface area contributed by atoms with Gasteiger partial charge in [-0.1, -0.05) is 71.5 Å². The Labute approximate surface area is 488 Å². The molecule has 4 N–H and O–H groups in total. The van der Waals surface area contributed by atoms with Crippen LogP contribution in [0.5, 0.6) is 0 Å². The second-order valence-electron chi connectivity index (χ2n) is 21.7. The molecular formula is C53H63Cl2F4N11O10S2. The lowest BCUT2D eigenvalue weighted by atomic mass is 10.1. The van der Waals surface area contributed by atoms with Crippen LogP contribution in [-0.2, 0) is 44.4 Å². The fraction of sp³-hybridized carbons (Fsp3) is 0.585. The van der Waals surface area contributed by atoms with Crippen LogP contribution in [0, 0.1) is 29.2 Å². The molecule has 6 aromatic rings. The third-order valence-electron chi connectivity index (χ3n) is 14.7. The molecule has 0 spiro atoms. The molecule has 444 valence electrons. The monoisotopic (exact) mass is 1220 g/mol. The zero-order chi connectivity index (χ0) is 57.7. The highest BCUT2D eigenvalue weighted by Crippen LogP contribution is 2.51. The van der Waals surface area contributed by atoms with E-state index in [4.69, 9.17) is 65.9 Å². The quantitative estimate of drug-likeness (QED) is 0.0314. The number of hydrogen-bond acceptors (Lipinski definition) is 19. The number of aliphatic carboxylic acids is 2. The van der Waals surface area contributed by atoms with Gasteiger partial charge in [0.1, 0.15) is 37.6 Å². The maximum atomic E-state index is 13.8. The highest BCUT2D eigenvalue weighted by Gasteiger charge is 2.58. The molecule has 4 aromatic heterocycles. The zero-order valence-electron chi connectivity index (χ0n) is 45.5. The summed E-state index contributed by atoms with van der Waals surface area (Å²) in [6.07, 6.45) is 2.52. The van der Waals surface area contributed by atoms with Gasteiger partial charge in [-0.3, -0.25) is 0 Å². The number of fused-ring (bicyclic) bond motifs is 4. The summed E-state index contributed by atoms with van der Waals surface area (Å²) in [6.45, 7) is 10.6. The molecule has 12 atom stereocenters. The smallest absolute Gasteiger partial charge is 0.329 e. The SMILES string of the molecule is CCCSc1nc(CC2C[C@@H]2c2ccc(F)c(F)c2)c2nnn(C3C[C@H](OCC(=O)O)[C@H]4OC(C)(C)O[C@@H]34)c2n1.CCCSc1nc(Cl)c2nnn(C3C[C@H](OCC(=O)O)[C@H]4OC(C)(C)O[C@@H]34)c2n1.Cl.N[C@@H]1CC1c1ccc(F)c(F)c1. The van der Waals surface area contributed by atoms with E-state index in [1.165, 1.54) is 30.0 Å². The standard InChI is InChI=1S/C27H31F2N5O5S.C17H22ClN5O5S.C9H9F2N.ClH/c1-4-7-40-26-30-18(10-14-8-15(14)13-5-6-16(28)17(29)9-13)22-25(31-26)34(33-32-22)19-11-20(37-12-21(35)36)24-23(19)38-27(2,3)39-24;1-4-5-29-16-19-14(18)11-15(20-16)23(22-21-11)8-6-9(26-7-10(24)25)13-12(8)27-17(2,3)28-13;10-7-2-1-5(3-8(7)11)6-4-9(6)12;/h5-6,9,14-15,19-20,23-24H,4,7-8,10-12H2,1-3H3,(H,35,36);8-9,12-13H,4-7H2,1-3H3,(H,24,25);1-3,6,9H,4,12H2;1H/t14?,15-,19?,20+,23+,24-;8?,9-,12-,13+;6?,9-;/m101./s1. The molecule has 0 amide bonds. The number of nitrogens with two attached hydrogens (primary N) is 1. The summed E-state index contributed by atoms with van der Waals surface area (Å²) in [5.41, 5.74) is 10.0. The molecule has 2 aliphatic heterocycles. The minimum Gasteiger partial charge on any atom is -0.480 e. The van der Waals surface area contributed by atoms with Crippen molar-refractivity contribution in [3.05, 3.63) is 81.6 Å². The van der Waals surface area contributed by atoms with E-state index in [-0.39, 0.29) is 59.5 Å². The Morgan fingerprint density at radius 3 is 1.59 bits per heavy atom. The molecule has 21 nitrogen and oxygen atoms in total. The van der Waals surface area contributed by atoms with E-state index in [2.05, 4.69) is 44.4 Å². The summed E-state index contributed by atoms with van der Waals surface area (Å²) in [4.78, 5) is 40.7. The van der Waals surface area contributed by atoms with Crippen LogP contribution < -0.4 is 5.73 Å². The number of ether oxygens (including phenoxy) is 6. The third-order valence-corrected chi connectivity index (χ3v) is 17.1. The first-order valence-electron chi connectivity index (χ1n) is 26.8. The molecule has 4 aliphatic carbocycles. The number of benzene rings is 2. The van der Waals surface area contributed by atoms with Crippen molar-refractivity contribution in [3.8, 4) is 0 Å². The fourth-order valence-electron chi connectivity index (χ4n) is 10.9. The summed E-state index contributed by atoms with van der Waals surface area (Å²) in [7, 11) is 0. The molecule has 12 rings (SSSR count). The van der Waals surface area contributed by atoms with Gasteiger partial charge in [0.2, 0.25) is 0 Å². The van der Waals surface area contributed by atoms with Gasteiger partial charge in [0.15, 0.2) is 72.6 Å². The van der Waals surface area contributed by atoms with Gasteiger partial charge < -0.3 is 44.4 Å². The number of carbonyl (C=O) groups is 2. The van der Waals surface area contributed by atoms with E-state index in [1.807, 2.05) is 27.7 Å². The zero-order valence-corrected chi connectivity index (χ0v) is 48.7. The Kier molecular flexibility index (Phi) is 19.0. The average molecular weight is 1230 g/mol. The lowest BCUT2D eigenvalue weighted by Crippen LogP contribution is -2.32. The van der Waals surface area contributed by atoms with Crippen molar-refractivity contribution in [2.45, 2.75) is 175 Å². The Bertz CT molecular complexity index is 3300. The minimum absolute atomic E-state index is 0. The summed E-state index contributed by atoms with van der Waals surface area (Å²) in [6, 6.07) is 7.57. The van der Waals surface area contributed by atoms with E-state index >= 15 is 0 Å². The number of carboxylic acids is 2. The molecule has 4 unspecified atom stereocenters. The van der Waals surface area contributed by atoms with Crippen LogP contribution >= 0.6 is 47.5 Å². The van der Waals surface area contributed by atoms with Crippen LogP contribution in [0.2, 0.25) is 5.15 Å². The number of halogens is 6. The number of hydrogen-bond donors (Lipinski definition) is 3. The lowest BCUT2D eigenvalue weighted by Gasteiger charge is -2.23. The Balaban J connectivity index is 0.000000167. The van der Waals surface area contributed by atoms with Gasteiger partial charge >= 0.3 is 11.9 Å². The molecule has 6 fully saturated rings. The Morgan fingerprint density at radius 1 is 0.671 bits per heavy atom. The fourth-order valence-corrected chi connectivity index (χ4v) is 12.6. The van der Waals surface area contributed by atoms with Crippen LogP contribution in [0.1, 0.15) is 121 Å². The van der Waals surface area contributed by atoms with Crippen LogP contribution in [0.3, 0.4) is 0 Å². The first-order chi connectivity index (χ1) is 38.6. The third kappa shape index (κ3) is 13.7. The number of rotatable bonds is 18. The van der Waals surface area contributed by atoms with Crippen molar-refractivity contribution < 1.29 is 65.8 Å². The van der Waals surface area contributed by atoms with Crippen LogP contribution in [0.15, 0.2) is 46.7 Å². The minimum atomic E-state index is -1.05. The number of aromatic nitrogens is 10. The molecule has 6 heterocycles. The van der Waals surface area contributed by atoms with Gasteiger partial charge in [-0.05, 0) is 107 Å². The van der Waals surface area contributed by atoms with E-state index in [0.717, 1.165) is 60.1 Å². The predicted octanol–water partition coefficient (Wildman–Crippen LogP) is 8.80. The van der Waals surface area contributed by atoms with Crippen molar-refractivity contribution in [1.29, 1.82) is 0 Å². The van der Waals surface area contributed by atoms with E-state index < -0.39 is 90.5 Å². The summed E-state index contributed by atoms with van der Waals surface area (Å²) in [5, 5.41) is 36.9. The molecular weight excluding hydrogens is 1160 g/mol. The van der Waals surface area contributed by atoms with Gasteiger partial charge in [-0.25, -0.2) is 56.5 Å². The maximum absolute atomic E-state index is 13.8.